The summed E-state index contributed by atoms with van der Waals surface area (Å²) >= 11 is 0. The number of aromatic nitrogens is 2. The topological polar surface area (TPSA) is 58.4 Å². The van der Waals surface area contributed by atoms with Gasteiger partial charge in [-0.15, -0.1) is 5.10 Å². The van der Waals surface area contributed by atoms with E-state index in [2.05, 4.69) is 23.8 Å². The number of carbonyl (C=O) groups excluding carboxylic acids is 1. The van der Waals surface area contributed by atoms with Crippen molar-refractivity contribution in [2.45, 2.75) is 40.5 Å². The molecule has 1 aromatic carbocycles. The molecule has 1 amide bonds. The fraction of sp³-hybridized carbons (Fsp3) is 0.500. The number of nitrogens with zero attached hydrogens (tertiary/aromatic N) is 4. The van der Waals surface area contributed by atoms with Gasteiger partial charge in [-0.05, 0) is 56.0 Å². The minimum absolute atomic E-state index is 0.122. The van der Waals surface area contributed by atoms with Crippen molar-refractivity contribution in [1.82, 2.24) is 14.7 Å². The third-order valence-corrected chi connectivity index (χ3v) is 5.77. The molecule has 0 unspecified atom stereocenters. The molecule has 0 N–H and O–H groups in total. The maximum Gasteiger partial charge on any atom is 0.271 e. The lowest BCUT2D eigenvalue weighted by molar-refractivity contribution is -0.136. The van der Waals surface area contributed by atoms with E-state index in [1.807, 2.05) is 36.9 Å². The molecule has 0 spiro atoms. The summed E-state index contributed by atoms with van der Waals surface area (Å²) in [5.74, 6) is 1.15. The van der Waals surface area contributed by atoms with E-state index in [-0.39, 0.29) is 17.4 Å². The Hall–Kier alpha value is -2.63. The Bertz CT molecular complexity index is 894. The largest absolute Gasteiger partial charge is 0.352 e. The third kappa shape index (κ3) is 4.11. The molecule has 2 heterocycles. The quantitative estimate of drug-likeness (QED) is 0.798. The summed E-state index contributed by atoms with van der Waals surface area (Å²) in [6.45, 7) is 11.1. The van der Waals surface area contributed by atoms with E-state index in [1.165, 1.54) is 10.2 Å². The molecular formula is C22H30N4O2. The van der Waals surface area contributed by atoms with Crippen LogP contribution in [0.1, 0.15) is 37.8 Å². The second-order valence-corrected chi connectivity index (χ2v) is 7.54. The Kier molecular flexibility index (Phi) is 6.17. The van der Waals surface area contributed by atoms with Gasteiger partial charge in [0.05, 0.1) is 5.69 Å². The first-order chi connectivity index (χ1) is 13.4. The van der Waals surface area contributed by atoms with E-state index in [1.54, 1.807) is 12.1 Å². The molecular weight excluding hydrogens is 352 g/mol. The number of aryl methyl sites for hydroxylation is 2. The van der Waals surface area contributed by atoms with E-state index in [0.29, 0.717) is 13.1 Å². The van der Waals surface area contributed by atoms with Gasteiger partial charge >= 0.3 is 0 Å². The van der Waals surface area contributed by atoms with Gasteiger partial charge in [0.15, 0.2) is 0 Å². The highest BCUT2D eigenvalue weighted by Crippen LogP contribution is 2.18. The molecule has 0 aliphatic carbocycles. The van der Waals surface area contributed by atoms with E-state index < -0.39 is 0 Å². The van der Waals surface area contributed by atoms with Crippen molar-refractivity contribution in [1.29, 1.82) is 0 Å². The molecule has 28 heavy (non-hydrogen) atoms. The molecule has 150 valence electrons. The van der Waals surface area contributed by atoms with Crippen LogP contribution in [0, 0.1) is 19.8 Å². The number of benzene rings is 1. The number of hydrogen-bond acceptors (Lipinski definition) is 4. The van der Waals surface area contributed by atoms with E-state index in [4.69, 9.17) is 0 Å². The van der Waals surface area contributed by atoms with Crippen molar-refractivity contribution in [2.24, 2.45) is 5.92 Å². The minimum Gasteiger partial charge on any atom is -0.352 e. The van der Waals surface area contributed by atoms with Gasteiger partial charge in [0.1, 0.15) is 5.82 Å². The van der Waals surface area contributed by atoms with Crippen LogP contribution in [0.25, 0.3) is 5.69 Å². The number of rotatable bonds is 5. The van der Waals surface area contributed by atoms with Crippen molar-refractivity contribution in [3.8, 4) is 5.69 Å². The van der Waals surface area contributed by atoms with E-state index in [0.717, 1.165) is 43.0 Å². The van der Waals surface area contributed by atoms with Crippen molar-refractivity contribution >= 4 is 11.7 Å². The monoisotopic (exact) mass is 382 g/mol. The predicted molar refractivity (Wildman–Crippen MR) is 112 cm³/mol. The second-order valence-electron chi connectivity index (χ2n) is 7.54. The second kappa shape index (κ2) is 8.59. The van der Waals surface area contributed by atoms with Crippen molar-refractivity contribution in [3.63, 3.8) is 0 Å². The van der Waals surface area contributed by atoms with Gasteiger partial charge in [-0.1, -0.05) is 19.9 Å². The average molecular weight is 383 g/mol. The van der Waals surface area contributed by atoms with Crippen molar-refractivity contribution < 1.29 is 4.79 Å². The number of hydrogen-bond donors (Lipinski definition) is 0. The van der Waals surface area contributed by atoms with E-state index in [9.17, 15) is 9.59 Å². The van der Waals surface area contributed by atoms with Crippen LogP contribution in [0.3, 0.4) is 0 Å². The summed E-state index contributed by atoms with van der Waals surface area (Å²) in [4.78, 5) is 29.1. The molecule has 1 saturated heterocycles. The highest BCUT2D eigenvalue weighted by atomic mass is 16.2. The third-order valence-electron chi connectivity index (χ3n) is 5.77. The summed E-state index contributed by atoms with van der Waals surface area (Å²) in [5, 5.41) is 4.60. The van der Waals surface area contributed by atoms with Crippen LogP contribution < -0.4 is 10.5 Å². The molecule has 1 aromatic heterocycles. The van der Waals surface area contributed by atoms with Gasteiger partial charge < -0.3 is 9.80 Å². The zero-order chi connectivity index (χ0) is 20.3. The Balaban J connectivity index is 1.76. The van der Waals surface area contributed by atoms with Crippen LogP contribution in [-0.2, 0) is 4.79 Å². The fourth-order valence-corrected chi connectivity index (χ4v) is 3.66. The zero-order valence-corrected chi connectivity index (χ0v) is 17.3. The lowest BCUT2D eigenvalue weighted by atomic mass is 10.0. The lowest BCUT2D eigenvalue weighted by Crippen LogP contribution is -2.50. The first kappa shape index (κ1) is 20.1. The van der Waals surface area contributed by atoms with Crippen LogP contribution in [0.4, 0.5) is 5.82 Å². The Morgan fingerprint density at radius 1 is 1.00 bits per heavy atom. The SMILES string of the molecule is CCC(CC)C(=O)N1CCN(c2ccc(=O)n(-c3ccc(C)c(C)c3)n2)CC1. The predicted octanol–water partition coefficient (Wildman–Crippen LogP) is 2.93. The summed E-state index contributed by atoms with van der Waals surface area (Å²) in [5.41, 5.74) is 2.95. The van der Waals surface area contributed by atoms with Crippen LogP contribution in [-0.4, -0.2) is 46.8 Å². The molecule has 0 radical (unpaired) electrons. The van der Waals surface area contributed by atoms with Gasteiger partial charge in [0.2, 0.25) is 5.91 Å². The van der Waals surface area contributed by atoms with Crippen molar-refractivity contribution in [2.75, 3.05) is 31.1 Å². The van der Waals surface area contributed by atoms with Gasteiger partial charge in [-0.3, -0.25) is 9.59 Å². The van der Waals surface area contributed by atoms with Gasteiger partial charge in [-0.2, -0.15) is 4.68 Å². The molecule has 6 heteroatoms. The number of piperazine rings is 1. The summed E-state index contributed by atoms with van der Waals surface area (Å²) in [6, 6.07) is 9.26. The number of carbonyl (C=O) groups is 1. The van der Waals surface area contributed by atoms with Gasteiger partial charge in [-0.25, -0.2) is 0 Å². The summed E-state index contributed by atoms with van der Waals surface area (Å²) in [6.07, 6.45) is 1.77. The molecule has 1 fully saturated rings. The first-order valence-electron chi connectivity index (χ1n) is 10.2. The molecule has 1 aliphatic heterocycles. The molecule has 3 rings (SSSR count). The zero-order valence-electron chi connectivity index (χ0n) is 17.3. The van der Waals surface area contributed by atoms with E-state index >= 15 is 0 Å². The van der Waals surface area contributed by atoms with Gasteiger partial charge in [0, 0.05) is 38.2 Å². The van der Waals surface area contributed by atoms with Crippen LogP contribution >= 0.6 is 0 Å². The number of amides is 1. The molecule has 0 bridgehead atoms. The first-order valence-corrected chi connectivity index (χ1v) is 10.2. The normalized spacial score (nSPS) is 14.6. The Morgan fingerprint density at radius 2 is 1.68 bits per heavy atom. The van der Waals surface area contributed by atoms with Gasteiger partial charge in [0.25, 0.3) is 5.56 Å². The maximum absolute atomic E-state index is 12.6. The Morgan fingerprint density at radius 3 is 2.29 bits per heavy atom. The average Bonchev–Trinajstić information content (AvgIpc) is 2.71. The van der Waals surface area contributed by atoms with Crippen molar-refractivity contribution in [3.05, 3.63) is 51.8 Å². The smallest absolute Gasteiger partial charge is 0.271 e. The fourth-order valence-electron chi connectivity index (χ4n) is 3.66. The number of anilines is 1. The maximum atomic E-state index is 12.6. The molecule has 1 aliphatic rings. The Labute approximate surface area is 166 Å². The lowest BCUT2D eigenvalue weighted by Gasteiger charge is -2.36. The standard InChI is InChI=1S/C22H30N4O2/c1-5-18(6-2)22(28)25-13-11-24(12-14-25)20-9-10-21(27)26(23-20)19-8-7-16(3)17(4)15-19/h7-10,15,18H,5-6,11-14H2,1-4H3. The summed E-state index contributed by atoms with van der Waals surface area (Å²) < 4.78 is 1.46. The highest BCUT2D eigenvalue weighted by molar-refractivity contribution is 5.79. The molecule has 2 aromatic rings. The van der Waals surface area contributed by atoms with Crippen LogP contribution in [0.15, 0.2) is 35.1 Å². The molecule has 0 atom stereocenters. The summed E-state index contributed by atoms with van der Waals surface area (Å²) in [7, 11) is 0. The molecule has 0 saturated carbocycles. The molecule has 6 nitrogen and oxygen atoms in total. The highest BCUT2D eigenvalue weighted by Gasteiger charge is 2.26. The van der Waals surface area contributed by atoms with Crippen LogP contribution in [0.2, 0.25) is 0 Å². The van der Waals surface area contributed by atoms with Crippen LogP contribution in [0.5, 0.6) is 0 Å². The minimum atomic E-state index is -0.144.